The van der Waals surface area contributed by atoms with E-state index in [9.17, 15) is 4.79 Å². The maximum Gasteiger partial charge on any atom is 0.246 e. The van der Waals surface area contributed by atoms with Gasteiger partial charge in [-0.1, -0.05) is 30.3 Å². The van der Waals surface area contributed by atoms with Gasteiger partial charge in [0.25, 0.3) is 0 Å². The molecule has 1 aromatic heterocycles. The molecule has 0 unspecified atom stereocenters. The second-order valence-electron chi connectivity index (χ2n) is 5.38. The summed E-state index contributed by atoms with van der Waals surface area (Å²) >= 11 is 7.75. The smallest absolute Gasteiger partial charge is 0.246 e. The Labute approximate surface area is 133 Å². The fourth-order valence-electron chi connectivity index (χ4n) is 2.88. The Balaban J connectivity index is 1.99. The average molecular weight is 321 g/mol. The van der Waals surface area contributed by atoms with E-state index in [1.165, 1.54) is 22.1 Å². The maximum atomic E-state index is 12.0. The van der Waals surface area contributed by atoms with Crippen LogP contribution in [0.15, 0.2) is 42.6 Å². The molecule has 1 amide bonds. The molecule has 110 valence electrons. The molecule has 0 spiro atoms. The van der Waals surface area contributed by atoms with E-state index in [1.807, 2.05) is 11.0 Å². The number of carbonyl (C=O) groups is 1. The summed E-state index contributed by atoms with van der Waals surface area (Å²) in [7, 11) is 2.06. The zero-order valence-electron chi connectivity index (χ0n) is 11.9. The highest BCUT2D eigenvalue weighted by molar-refractivity contribution is 7.16. The lowest BCUT2D eigenvalue weighted by atomic mass is 9.87. The van der Waals surface area contributed by atoms with Crippen LogP contribution in [0.3, 0.4) is 0 Å². The quantitative estimate of drug-likeness (QED) is 0.780. The van der Waals surface area contributed by atoms with Gasteiger partial charge >= 0.3 is 0 Å². The van der Waals surface area contributed by atoms with Crippen LogP contribution < -0.4 is 0 Å². The molecule has 1 aromatic rings. The second kappa shape index (κ2) is 5.70. The fourth-order valence-corrected chi connectivity index (χ4v) is 4.23. The topological polar surface area (TPSA) is 23.6 Å². The molecule has 0 aromatic carbocycles. The van der Waals surface area contributed by atoms with Gasteiger partial charge in [-0.15, -0.1) is 11.3 Å². The van der Waals surface area contributed by atoms with Gasteiger partial charge in [0.2, 0.25) is 5.91 Å². The predicted molar refractivity (Wildman–Crippen MR) is 87.5 cm³/mol. The highest BCUT2D eigenvalue weighted by Crippen LogP contribution is 2.41. The summed E-state index contributed by atoms with van der Waals surface area (Å²) in [5.74, 6) is 0.157. The van der Waals surface area contributed by atoms with Crippen molar-refractivity contribution in [3.63, 3.8) is 0 Å². The third-order valence-corrected chi connectivity index (χ3v) is 5.15. The molecule has 0 saturated heterocycles. The SMILES string of the molecule is C=CC(=O)N1Cc2sc(Cl)cc2[C@@H](C2=CN(C)CC=C2)C1. The molecule has 3 rings (SSSR count). The minimum absolute atomic E-state index is 0.0242. The number of hydrogen-bond donors (Lipinski definition) is 0. The van der Waals surface area contributed by atoms with E-state index in [1.54, 1.807) is 11.3 Å². The summed E-state index contributed by atoms with van der Waals surface area (Å²) in [5.41, 5.74) is 2.48. The number of likely N-dealkylation sites (N-methyl/N-ethyl adjacent to an activating group) is 1. The van der Waals surface area contributed by atoms with Crippen molar-refractivity contribution in [1.82, 2.24) is 9.80 Å². The molecule has 3 nitrogen and oxygen atoms in total. The van der Waals surface area contributed by atoms with Crippen LogP contribution in [0.2, 0.25) is 4.34 Å². The molecule has 0 fully saturated rings. The summed E-state index contributed by atoms with van der Waals surface area (Å²) in [5, 5.41) is 0. The Morgan fingerprint density at radius 1 is 1.57 bits per heavy atom. The van der Waals surface area contributed by atoms with Crippen LogP contribution in [-0.2, 0) is 11.3 Å². The summed E-state index contributed by atoms with van der Waals surface area (Å²) in [6.07, 6.45) is 7.84. The van der Waals surface area contributed by atoms with Gasteiger partial charge < -0.3 is 9.80 Å². The molecule has 0 N–H and O–H groups in total. The molecule has 5 heteroatoms. The third kappa shape index (κ3) is 2.78. The van der Waals surface area contributed by atoms with Crippen LogP contribution >= 0.6 is 22.9 Å². The number of amides is 1. The van der Waals surface area contributed by atoms with Gasteiger partial charge in [0.15, 0.2) is 0 Å². The van der Waals surface area contributed by atoms with Crippen molar-refractivity contribution in [2.75, 3.05) is 20.1 Å². The van der Waals surface area contributed by atoms with Crippen molar-refractivity contribution < 1.29 is 4.79 Å². The monoisotopic (exact) mass is 320 g/mol. The Morgan fingerprint density at radius 2 is 2.38 bits per heavy atom. The van der Waals surface area contributed by atoms with E-state index in [-0.39, 0.29) is 11.8 Å². The number of fused-ring (bicyclic) bond motifs is 1. The third-order valence-electron chi connectivity index (χ3n) is 3.89. The Kier molecular flexibility index (Phi) is 3.91. The first-order chi connectivity index (χ1) is 10.1. The van der Waals surface area contributed by atoms with Crippen LogP contribution in [0.4, 0.5) is 0 Å². The first kappa shape index (κ1) is 14.4. The highest BCUT2D eigenvalue weighted by atomic mass is 35.5. The normalized spacial score (nSPS) is 21.0. The van der Waals surface area contributed by atoms with E-state index in [0.29, 0.717) is 13.1 Å². The van der Waals surface area contributed by atoms with Gasteiger partial charge in [0.05, 0.1) is 10.9 Å². The molecule has 0 radical (unpaired) electrons. The molecule has 21 heavy (non-hydrogen) atoms. The summed E-state index contributed by atoms with van der Waals surface area (Å²) in [6.45, 7) is 5.82. The predicted octanol–water partition coefficient (Wildman–Crippen LogP) is 3.40. The maximum absolute atomic E-state index is 12.0. The van der Waals surface area contributed by atoms with E-state index in [4.69, 9.17) is 11.6 Å². The van der Waals surface area contributed by atoms with Crippen molar-refractivity contribution >= 4 is 28.8 Å². The summed E-state index contributed by atoms with van der Waals surface area (Å²) in [4.78, 5) is 17.2. The number of halogens is 1. The molecule has 0 bridgehead atoms. The van der Waals surface area contributed by atoms with Crippen molar-refractivity contribution in [1.29, 1.82) is 0 Å². The van der Waals surface area contributed by atoms with Gasteiger partial charge in [-0.2, -0.15) is 0 Å². The van der Waals surface area contributed by atoms with Gasteiger partial charge in [-0.25, -0.2) is 0 Å². The van der Waals surface area contributed by atoms with Crippen LogP contribution in [0.25, 0.3) is 0 Å². The lowest BCUT2D eigenvalue weighted by Crippen LogP contribution is -2.37. The molecule has 2 aliphatic rings. The lowest BCUT2D eigenvalue weighted by Gasteiger charge is -2.34. The zero-order chi connectivity index (χ0) is 15.0. The van der Waals surface area contributed by atoms with E-state index >= 15 is 0 Å². The minimum atomic E-state index is -0.0242. The molecule has 2 aliphatic heterocycles. The van der Waals surface area contributed by atoms with E-state index in [2.05, 4.69) is 36.9 Å². The van der Waals surface area contributed by atoms with Crippen LogP contribution in [0.1, 0.15) is 16.4 Å². The van der Waals surface area contributed by atoms with Crippen LogP contribution in [0, 0.1) is 0 Å². The Morgan fingerprint density at radius 3 is 3.10 bits per heavy atom. The summed E-state index contributed by atoms with van der Waals surface area (Å²) < 4.78 is 0.784. The highest BCUT2D eigenvalue weighted by Gasteiger charge is 2.31. The van der Waals surface area contributed by atoms with E-state index < -0.39 is 0 Å². The molecule has 3 heterocycles. The van der Waals surface area contributed by atoms with Crippen LogP contribution in [-0.4, -0.2) is 35.8 Å². The fraction of sp³-hybridized carbons (Fsp3) is 0.312. The molecule has 0 aliphatic carbocycles. The number of thiophene rings is 1. The van der Waals surface area contributed by atoms with Crippen molar-refractivity contribution in [3.05, 3.63) is 57.4 Å². The lowest BCUT2D eigenvalue weighted by molar-refractivity contribution is -0.127. The van der Waals surface area contributed by atoms with Gasteiger partial charge in [0, 0.05) is 37.1 Å². The number of carbonyl (C=O) groups excluding carboxylic acids is 1. The Hall–Kier alpha value is -1.52. The average Bonchev–Trinajstić information content (AvgIpc) is 2.85. The first-order valence-electron chi connectivity index (χ1n) is 6.86. The number of hydrogen-bond acceptors (Lipinski definition) is 3. The largest absolute Gasteiger partial charge is 0.376 e. The van der Waals surface area contributed by atoms with Crippen molar-refractivity contribution in [2.24, 2.45) is 0 Å². The number of allylic oxidation sites excluding steroid dienone is 1. The van der Waals surface area contributed by atoms with Crippen LogP contribution in [0.5, 0.6) is 0 Å². The second-order valence-corrected chi connectivity index (χ2v) is 7.14. The van der Waals surface area contributed by atoms with Crippen molar-refractivity contribution in [3.8, 4) is 0 Å². The molecule has 0 saturated carbocycles. The number of rotatable bonds is 2. The van der Waals surface area contributed by atoms with Gasteiger partial charge in [-0.05, 0) is 23.3 Å². The Bertz CT molecular complexity index is 647. The molecular formula is C16H17ClN2OS. The molecular weight excluding hydrogens is 304 g/mol. The minimum Gasteiger partial charge on any atom is -0.376 e. The van der Waals surface area contributed by atoms with Gasteiger partial charge in [-0.3, -0.25) is 4.79 Å². The zero-order valence-corrected chi connectivity index (χ0v) is 13.5. The first-order valence-corrected chi connectivity index (χ1v) is 8.06. The van der Waals surface area contributed by atoms with E-state index in [0.717, 1.165) is 10.9 Å². The van der Waals surface area contributed by atoms with Crippen molar-refractivity contribution in [2.45, 2.75) is 12.5 Å². The standard InChI is InChI=1S/C16H17ClN2OS/c1-3-16(20)19-9-13(11-5-4-6-18(2)8-11)12-7-15(17)21-14(12)10-19/h3-5,7-8,13H,1,6,9-10H2,2H3/t13-/m1/s1. The summed E-state index contributed by atoms with van der Waals surface area (Å²) in [6, 6.07) is 2.05. The number of nitrogens with zero attached hydrogens (tertiary/aromatic N) is 2. The molecule has 1 atom stereocenters. The van der Waals surface area contributed by atoms with Gasteiger partial charge in [0.1, 0.15) is 0 Å².